The van der Waals surface area contributed by atoms with Crippen LogP contribution in [0.15, 0.2) is 29.2 Å². The Labute approximate surface area is 139 Å². The Morgan fingerprint density at radius 1 is 1.26 bits per heavy atom. The summed E-state index contributed by atoms with van der Waals surface area (Å²) in [5.74, 6) is 0.676. The van der Waals surface area contributed by atoms with Gasteiger partial charge in [-0.3, -0.25) is 0 Å². The third kappa shape index (κ3) is 6.22. The second-order valence-electron chi connectivity index (χ2n) is 6.64. The van der Waals surface area contributed by atoms with Crippen molar-refractivity contribution in [2.75, 3.05) is 32.4 Å². The first-order valence-electron chi connectivity index (χ1n) is 8.24. The van der Waals surface area contributed by atoms with Crippen molar-refractivity contribution in [3.8, 4) is 0 Å². The minimum absolute atomic E-state index is 0.250. The summed E-state index contributed by atoms with van der Waals surface area (Å²) in [6.07, 6.45) is 3.29. The van der Waals surface area contributed by atoms with Gasteiger partial charge in [0, 0.05) is 19.3 Å². The van der Waals surface area contributed by atoms with Crippen LogP contribution in [0.4, 0.5) is 0 Å². The molecule has 1 heterocycles. The SMILES string of the molecule is CC(O)CN1CCC(CNCc2ccc(S(C)(=O)=O)cc2)CC1. The van der Waals surface area contributed by atoms with E-state index in [2.05, 4.69) is 10.2 Å². The molecule has 0 aliphatic carbocycles. The van der Waals surface area contributed by atoms with Crippen LogP contribution in [-0.2, 0) is 16.4 Å². The molecular formula is C17H28N2O3S. The number of piperidine rings is 1. The Morgan fingerprint density at radius 2 is 1.87 bits per heavy atom. The maximum absolute atomic E-state index is 11.4. The van der Waals surface area contributed by atoms with Crippen molar-refractivity contribution in [2.45, 2.75) is 37.3 Å². The Hall–Kier alpha value is -0.950. The predicted molar refractivity (Wildman–Crippen MR) is 92.1 cm³/mol. The van der Waals surface area contributed by atoms with Gasteiger partial charge < -0.3 is 15.3 Å². The Bertz CT molecular complexity index is 576. The Morgan fingerprint density at radius 3 is 2.39 bits per heavy atom. The van der Waals surface area contributed by atoms with Gasteiger partial charge in [-0.1, -0.05) is 12.1 Å². The lowest BCUT2D eigenvalue weighted by molar-refractivity contribution is 0.0998. The second-order valence-corrected chi connectivity index (χ2v) is 8.66. The van der Waals surface area contributed by atoms with Gasteiger partial charge in [-0.15, -0.1) is 0 Å². The topological polar surface area (TPSA) is 69.6 Å². The molecule has 0 bridgehead atoms. The van der Waals surface area contributed by atoms with Crippen LogP contribution in [0, 0.1) is 5.92 Å². The summed E-state index contributed by atoms with van der Waals surface area (Å²) >= 11 is 0. The minimum Gasteiger partial charge on any atom is -0.392 e. The van der Waals surface area contributed by atoms with Crippen molar-refractivity contribution in [3.05, 3.63) is 29.8 Å². The summed E-state index contributed by atoms with van der Waals surface area (Å²) in [4.78, 5) is 2.69. The molecular weight excluding hydrogens is 312 g/mol. The van der Waals surface area contributed by atoms with Gasteiger partial charge in [-0.2, -0.15) is 0 Å². The highest BCUT2D eigenvalue weighted by atomic mass is 32.2. The van der Waals surface area contributed by atoms with Crippen LogP contribution >= 0.6 is 0 Å². The molecule has 1 saturated heterocycles. The maximum atomic E-state index is 11.4. The fourth-order valence-electron chi connectivity index (χ4n) is 3.02. The van der Waals surface area contributed by atoms with E-state index in [1.807, 2.05) is 19.1 Å². The van der Waals surface area contributed by atoms with E-state index in [0.717, 1.165) is 51.1 Å². The Kier molecular flexibility index (Phi) is 6.59. The molecule has 1 aromatic carbocycles. The normalized spacial score (nSPS) is 18.9. The van der Waals surface area contributed by atoms with Crippen molar-refractivity contribution < 1.29 is 13.5 Å². The number of aliphatic hydroxyl groups is 1. The third-order valence-electron chi connectivity index (χ3n) is 4.34. The monoisotopic (exact) mass is 340 g/mol. The smallest absolute Gasteiger partial charge is 0.175 e. The standard InChI is InChI=1S/C17H28N2O3S/c1-14(20)13-19-9-7-16(8-10-19)12-18-11-15-3-5-17(6-4-15)23(2,21)22/h3-6,14,16,18,20H,7-13H2,1-2H3. The Balaban J connectivity index is 1.70. The highest BCUT2D eigenvalue weighted by Crippen LogP contribution is 2.17. The number of rotatable bonds is 7. The molecule has 130 valence electrons. The van der Waals surface area contributed by atoms with E-state index in [9.17, 15) is 13.5 Å². The number of nitrogens with one attached hydrogen (secondary N) is 1. The molecule has 1 aromatic rings. The van der Waals surface area contributed by atoms with E-state index < -0.39 is 9.84 Å². The number of nitrogens with zero attached hydrogens (tertiary/aromatic N) is 1. The summed E-state index contributed by atoms with van der Waals surface area (Å²) in [5.41, 5.74) is 1.10. The molecule has 0 saturated carbocycles. The van der Waals surface area contributed by atoms with Gasteiger partial charge in [0.1, 0.15) is 0 Å². The van der Waals surface area contributed by atoms with Crippen LogP contribution in [0.25, 0.3) is 0 Å². The molecule has 23 heavy (non-hydrogen) atoms. The average molecular weight is 340 g/mol. The molecule has 0 spiro atoms. The first-order valence-corrected chi connectivity index (χ1v) is 10.1. The van der Waals surface area contributed by atoms with Crippen molar-refractivity contribution in [1.82, 2.24) is 10.2 Å². The molecule has 0 aromatic heterocycles. The lowest BCUT2D eigenvalue weighted by atomic mass is 9.96. The van der Waals surface area contributed by atoms with E-state index in [1.165, 1.54) is 6.26 Å². The largest absolute Gasteiger partial charge is 0.392 e. The van der Waals surface area contributed by atoms with Gasteiger partial charge in [-0.25, -0.2) is 8.42 Å². The molecule has 1 aliphatic rings. The van der Waals surface area contributed by atoms with E-state index >= 15 is 0 Å². The van der Waals surface area contributed by atoms with Crippen LogP contribution in [-0.4, -0.2) is 57.0 Å². The molecule has 6 heteroatoms. The van der Waals surface area contributed by atoms with Gasteiger partial charge in [0.15, 0.2) is 9.84 Å². The summed E-state index contributed by atoms with van der Waals surface area (Å²) in [6, 6.07) is 7.07. The zero-order valence-corrected chi connectivity index (χ0v) is 14.8. The van der Waals surface area contributed by atoms with Crippen LogP contribution in [0.2, 0.25) is 0 Å². The molecule has 0 radical (unpaired) electrons. The fraction of sp³-hybridized carbons (Fsp3) is 0.647. The van der Waals surface area contributed by atoms with Crippen LogP contribution in [0.3, 0.4) is 0 Å². The number of benzene rings is 1. The van der Waals surface area contributed by atoms with Crippen molar-refractivity contribution in [2.24, 2.45) is 5.92 Å². The zero-order valence-electron chi connectivity index (χ0n) is 14.0. The van der Waals surface area contributed by atoms with Gasteiger partial charge in [0.05, 0.1) is 11.0 Å². The number of sulfone groups is 1. The molecule has 1 atom stereocenters. The minimum atomic E-state index is -3.11. The van der Waals surface area contributed by atoms with E-state index in [1.54, 1.807) is 12.1 Å². The highest BCUT2D eigenvalue weighted by molar-refractivity contribution is 7.90. The first-order chi connectivity index (χ1) is 10.8. The van der Waals surface area contributed by atoms with Crippen LogP contribution < -0.4 is 5.32 Å². The summed E-state index contributed by atoms with van der Waals surface area (Å²) in [7, 11) is -3.11. The van der Waals surface area contributed by atoms with Crippen LogP contribution in [0.5, 0.6) is 0 Å². The molecule has 5 nitrogen and oxygen atoms in total. The molecule has 1 aliphatic heterocycles. The maximum Gasteiger partial charge on any atom is 0.175 e. The first kappa shape index (κ1) is 18.4. The number of hydrogen-bond acceptors (Lipinski definition) is 5. The summed E-state index contributed by atoms with van der Waals surface area (Å²) < 4.78 is 22.8. The van der Waals surface area contributed by atoms with E-state index in [4.69, 9.17) is 0 Å². The molecule has 1 fully saturated rings. The number of likely N-dealkylation sites (tertiary alicyclic amines) is 1. The molecule has 2 rings (SSSR count). The molecule has 1 unspecified atom stereocenters. The highest BCUT2D eigenvalue weighted by Gasteiger charge is 2.19. The van der Waals surface area contributed by atoms with Crippen LogP contribution in [0.1, 0.15) is 25.3 Å². The molecule has 0 amide bonds. The van der Waals surface area contributed by atoms with E-state index in [0.29, 0.717) is 10.8 Å². The number of hydrogen-bond donors (Lipinski definition) is 2. The summed E-state index contributed by atoms with van der Waals surface area (Å²) in [5, 5.41) is 12.9. The van der Waals surface area contributed by atoms with Gasteiger partial charge in [0.25, 0.3) is 0 Å². The quantitative estimate of drug-likeness (QED) is 0.782. The van der Waals surface area contributed by atoms with Crippen molar-refractivity contribution in [3.63, 3.8) is 0 Å². The number of β-amino-alcohol motifs (C(OH)–C–C–N with tert-alkyl or cyclic N) is 1. The average Bonchev–Trinajstić information content (AvgIpc) is 2.48. The predicted octanol–water partition coefficient (Wildman–Crippen LogP) is 1.27. The zero-order chi connectivity index (χ0) is 16.9. The van der Waals surface area contributed by atoms with E-state index in [-0.39, 0.29) is 6.10 Å². The lowest BCUT2D eigenvalue weighted by Gasteiger charge is -2.32. The van der Waals surface area contributed by atoms with Crippen molar-refractivity contribution >= 4 is 9.84 Å². The van der Waals surface area contributed by atoms with Gasteiger partial charge in [0.2, 0.25) is 0 Å². The van der Waals surface area contributed by atoms with Crippen molar-refractivity contribution in [1.29, 1.82) is 0 Å². The van der Waals surface area contributed by atoms with Gasteiger partial charge in [-0.05, 0) is 63.0 Å². The fourth-order valence-corrected chi connectivity index (χ4v) is 3.65. The summed E-state index contributed by atoms with van der Waals surface area (Å²) in [6.45, 7) is 6.46. The van der Waals surface area contributed by atoms with Gasteiger partial charge >= 0.3 is 0 Å². The number of aliphatic hydroxyl groups excluding tert-OH is 1. The second kappa shape index (κ2) is 8.24. The third-order valence-corrected chi connectivity index (χ3v) is 5.47. The lowest BCUT2D eigenvalue weighted by Crippen LogP contribution is -2.40. The molecule has 2 N–H and O–H groups in total.